The molecule has 0 radical (unpaired) electrons. The normalized spacial score (nSPS) is 11.3. The Hall–Kier alpha value is -2.29. The van der Waals surface area contributed by atoms with Crippen LogP contribution in [0.25, 0.3) is 0 Å². The van der Waals surface area contributed by atoms with Crippen LogP contribution in [-0.4, -0.2) is 21.3 Å². The quantitative estimate of drug-likeness (QED) is 0.612. The first-order chi connectivity index (χ1) is 11.1. The largest absolute Gasteiger partial charge is 0.478 e. The van der Waals surface area contributed by atoms with E-state index in [-0.39, 0.29) is 22.9 Å². The number of nitrogens with zero attached hydrogens (tertiary/aromatic N) is 4. The first-order valence-electron chi connectivity index (χ1n) is 7.41. The summed E-state index contributed by atoms with van der Waals surface area (Å²) in [7, 11) is 0. The molecule has 0 atom stereocenters. The molecule has 0 unspecified atom stereocenters. The number of aromatic amines is 1. The van der Waals surface area contributed by atoms with Crippen molar-refractivity contribution < 1.29 is 9.26 Å². The number of azo groups is 1. The standard InChI is InChI=1S/C14H19N5O3S/c1-4-6-7-19-13(20)11(12(21-5-2)15-14(19)23)17-16-10-8-9(3)22-18-10/h8H,4-7H2,1-3H3,(H,15,23)/b17-16+. The fourth-order valence-corrected chi connectivity index (χ4v) is 2.17. The Labute approximate surface area is 138 Å². The topological polar surface area (TPSA) is 97.8 Å². The summed E-state index contributed by atoms with van der Waals surface area (Å²) in [5.74, 6) is 1.10. The Kier molecular flexibility index (Phi) is 5.80. The SMILES string of the molecule is CCCCn1c(=S)[nH]c(OCC)c(/N=N/c2cc(C)on2)c1=O. The van der Waals surface area contributed by atoms with Crippen molar-refractivity contribution in [3.63, 3.8) is 0 Å². The van der Waals surface area contributed by atoms with Crippen LogP contribution in [0.1, 0.15) is 32.4 Å². The molecule has 0 bridgehead atoms. The van der Waals surface area contributed by atoms with Gasteiger partial charge in [-0.1, -0.05) is 18.5 Å². The Morgan fingerprint density at radius 2 is 2.22 bits per heavy atom. The number of nitrogens with one attached hydrogen (secondary N) is 1. The van der Waals surface area contributed by atoms with Crippen molar-refractivity contribution in [2.75, 3.05) is 6.61 Å². The van der Waals surface area contributed by atoms with E-state index in [4.69, 9.17) is 21.5 Å². The predicted molar refractivity (Wildman–Crippen MR) is 87.4 cm³/mol. The van der Waals surface area contributed by atoms with Gasteiger partial charge < -0.3 is 14.2 Å². The third kappa shape index (κ3) is 4.13. The van der Waals surface area contributed by atoms with Crippen molar-refractivity contribution in [3.05, 3.63) is 27.0 Å². The molecule has 0 saturated carbocycles. The zero-order valence-electron chi connectivity index (χ0n) is 13.3. The third-order valence-corrected chi connectivity index (χ3v) is 3.34. The maximum absolute atomic E-state index is 12.6. The third-order valence-electron chi connectivity index (χ3n) is 3.02. The van der Waals surface area contributed by atoms with E-state index in [9.17, 15) is 4.79 Å². The zero-order valence-corrected chi connectivity index (χ0v) is 14.1. The zero-order chi connectivity index (χ0) is 16.8. The van der Waals surface area contributed by atoms with E-state index in [1.54, 1.807) is 19.9 Å². The van der Waals surface area contributed by atoms with Gasteiger partial charge in [0.2, 0.25) is 17.4 Å². The first-order valence-corrected chi connectivity index (χ1v) is 7.82. The minimum Gasteiger partial charge on any atom is -0.478 e. The molecule has 0 aliphatic heterocycles. The van der Waals surface area contributed by atoms with Gasteiger partial charge in [-0.3, -0.25) is 9.36 Å². The summed E-state index contributed by atoms with van der Waals surface area (Å²) < 4.78 is 12.1. The van der Waals surface area contributed by atoms with Gasteiger partial charge in [-0.15, -0.1) is 10.2 Å². The predicted octanol–water partition coefficient (Wildman–Crippen LogP) is 3.82. The van der Waals surface area contributed by atoms with Gasteiger partial charge in [0.05, 0.1) is 6.61 Å². The Balaban J connectivity index is 2.47. The Morgan fingerprint density at radius 1 is 1.43 bits per heavy atom. The monoisotopic (exact) mass is 337 g/mol. The molecule has 1 N–H and O–H groups in total. The number of unbranched alkanes of at least 4 members (excludes halogenated alkanes) is 1. The molecule has 2 heterocycles. The molecule has 0 saturated heterocycles. The first kappa shape index (κ1) is 17.1. The number of rotatable bonds is 7. The second kappa shape index (κ2) is 7.82. The summed E-state index contributed by atoms with van der Waals surface area (Å²) in [5.41, 5.74) is -0.271. The van der Waals surface area contributed by atoms with Gasteiger partial charge in [0.15, 0.2) is 4.77 Å². The van der Waals surface area contributed by atoms with Crippen molar-refractivity contribution in [1.82, 2.24) is 14.7 Å². The molecule has 0 aliphatic carbocycles. The molecule has 0 aliphatic rings. The maximum atomic E-state index is 12.6. The van der Waals surface area contributed by atoms with Gasteiger partial charge in [0.25, 0.3) is 5.56 Å². The molecule has 8 nitrogen and oxygen atoms in total. The van der Waals surface area contributed by atoms with E-state index >= 15 is 0 Å². The van der Waals surface area contributed by atoms with Crippen LogP contribution in [-0.2, 0) is 6.54 Å². The lowest BCUT2D eigenvalue weighted by Crippen LogP contribution is -2.22. The van der Waals surface area contributed by atoms with Crippen LogP contribution in [0.2, 0.25) is 0 Å². The summed E-state index contributed by atoms with van der Waals surface area (Å²) in [6, 6.07) is 1.62. The summed E-state index contributed by atoms with van der Waals surface area (Å²) in [4.78, 5) is 15.5. The summed E-state index contributed by atoms with van der Waals surface area (Å²) in [6.07, 6.45) is 1.79. The number of ether oxygens (including phenoxy) is 1. The summed E-state index contributed by atoms with van der Waals surface area (Å²) in [6.45, 7) is 6.48. The van der Waals surface area contributed by atoms with Crippen LogP contribution >= 0.6 is 12.2 Å². The number of aromatic nitrogens is 3. The smallest absolute Gasteiger partial charge is 0.286 e. The fourth-order valence-electron chi connectivity index (χ4n) is 1.90. The number of H-pyrrole nitrogens is 1. The fraction of sp³-hybridized carbons (Fsp3) is 0.500. The molecule has 9 heteroatoms. The molecular formula is C14H19N5O3S. The van der Waals surface area contributed by atoms with Crippen molar-refractivity contribution >= 4 is 23.7 Å². The second-order valence-corrected chi connectivity index (χ2v) is 5.23. The van der Waals surface area contributed by atoms with E-state index < -0.39 is 0 Å². The van der Waals surface area contributed by atoms with Crippen LogP contribution in [0.15, 0.2) is 25.6 Å². The number of aryl methyl sites for hydroxylation is 1. The van der Waals surface area contributed by atoms with Crippen LogP contribution in [0.3, 0.4) is 0 Å². The lowest BCUT2D eigenvalue weighted by molar-refractivity contribution is 0.324. The van der Waals surface area contributed by atoms with E-state index in [0.29, 0.717) is 23.7 Å². The lowest BCUT2D eigenvalue weighted by atomic mass is 10.3. The minimum absolute atomic E-state index is 0.0669. The van der Waals surface area contributed by atoms with Crippen LogP contribution < -0.4 is 10.3 Å². The van der Waals surface area contributed by atoms with Crippen molar-refractivity contribution in [1.29, 1.82) is 0 Å². The van der Waals surface area contributed by atoms with E-state index in [1.165, 1.54) is 4.57 Å². The number of hydrogen-bond acceptors (Lipinski definition) is 7. The highest BCUT2D eigenvalue weighted by Crippen LogP contribution is 2.23. The van der Waals surface area contributed by atoms with Gasteiger partial charge >= 0.3 is 0 Å². The van der Waals surface area contributed by atoms with Gasteiger partial charge in [-0.05, 0) is 32.5 Å². The molecule has 0 spiro atoms. The molecule has 0 fully saturated rings. The minimum atomic E-state index is -0.338. The maximum Gasteiger partial charge on any atom is 0.286 e. The highest BCUT2D eigenvalue weighted by molar-refractivity contribution is 7.71. The highest BCUT2D eigenvalue weighted by Gasteiger charge is 2.14. The molecule has 2 rings (SSSR count). The molecule has 23 heavy (non-hydrogen) atoms. The van der Waals surface area contributed by atoms with Crippen LogP contribution in [0.5, 0.6) is 5.88 Å². The number of hydrogen-bond donors (Lipinski definition) is 1. The summed E-state index contributed by atoms with van der Waals surface area (Å²) >= 11 is 5.22. The van der Waals surface area contributed by atoms with Gasteiger partial charge in [-0.25, -0.2) is 0 Å². The van der Waals surface area contributed by atoms with E-state index in [1.807, 2.05) is 6.92 Å². The van der Waals surface area contributed by atoms with Gasteiger partial charge in [0.1, 0.15) is 5.76 Å². The molecule has 2 aromatic heterocycles. The molecule has 0 aromatic carbocycles. The van der Waals surface area contributed by atoms with Crippen LogP contribution in [0, 0.1) is 11.7 Å². The van der Waals surface area contributed by atoms with E-state index in [2.05, 4.69) is 20.4 Å². The Morgan fingerprint density at radius 3 is 2.83 bits per heavy atom. The van der Waals surface area contributed by atoms with Crippen LogP contribution in [0.4, 0.5) is 11.5 Å². The molecular weight excluding hydrogens is 318 g/mol. The molecule has 124 valence electrons. The van der Waals surface area contributed by atoms with Crippen molar-refractivity contribution in [2.24, 2.45) is 10.2 Å². The second-order valence-electron chi connectivity index (χ2n) is 4.85. The molecule has 0 amide bonds. The van der Waals surface area contributed by atoms with Gasteiger partial charge in [-0.2, -0.15) is 0 Å². The average molecular weight is 337 g/mol. The van der Waals surface area contributed by atoms with E-state index in [0.717, 1.165) is 12.8 Å². The molecule has 2 aromatic rings. The summed E-state index contributed by atoms with van der Waals surface area (Å²) in [5, 5.41) is 11.6. The average Bonchev–Trinajstić information content (AvgIpc) is 2.92. The van der Waals surface area contributed by atoms with Gasteiger partial charge in [0, 0.05) is 12.6 Å². The van der Waals surface area contributed by atoms with Crippen molar-refractivity contribution in [2.45, 2.75) is 40.2 Å². The van der Waals surface area contributed by atoms with Crippen molar-refractivity contribution in [3.8, 4) is 5.88 Å². The lowest BCUT2D eigenvalue weighted by Gasteiger charge is -2.10. The highest BCUT2D eigenvalue weighted by atomic mass is 32.1. The Bertz CT molecular complexity index is 805.